The van der Waals surface area contributed by atoms with Gasteiger partial charge in [0.05, 0.1) is 22.9 Å². The summed E-state index contributed by atoms with van der Waals surface area (Å²) in [5, 5.41) is 7.25. The van der Waals surface area contributed by atoms with Gasteiger partial charge in [0.2, 0.25) is 11.8 Å². The van der Waals surface area contributed by atoms with Crippen molar-refractivity contribution in [2.45, 2.75) is 58.0 Å². The number of hydrogen-bond donors (Lipinski definition) is 1. The maximum absolute atomic E-state index is 14.2. The number of carbonyl (C=O) groups excluding carboxylic acids is 2. The van der Waals surface area contributed by atoms with Gasteiger partial charge < -0.3 is 15.0 Å². The molecule has 2 aliphatic rings. The normalized spacial score (nSPS) is 19.1. The number of aromatic nitrogens is 2. The molecule has 2 amide bonds. The largest absolute Gasteiger partial charge is 0.381 e. The predicted molar refractivity (Wildman–Crippen MR) is 167 cm³/mol. The Morgan fingerprint density at radius 3 is 2.57 bits per heavy atom. The third-order valence-electron chi connectivity index (χ3n) is 8.77. The van der Waals surface area contributed by atoms with Crippen LogP contribution in [0.3, 0.4) is 0 Å². The molecule has 0 bridgehead atoms. The molecule has 8 heteroatoms. The molecule has 42 heavy (non-hydrogen) atoms. The second-order valence-corrected chi connectivity index (χ2v) is 12.3. The first-order valence-electron chi connectivity index (χ1n) is 15.1. The van der Waals surface area contributed by atoms with E-state index in [0.29, 0.717) is 19.8 Å². The molecule has 2 aliphatic heterocycles. The molecule has 0 unspecified atom stereocenters. The van der Waals surface area contributed by atoms with E-state index in [9.17, 15) is 9.59 Å². The number of hydrogen-bond acceptors (Lipinski definition) is 6. The van der Waals surface area contributed by atoms with Crippen LogP contribution in [0.4, 0.5) is 0 Å². The Morgan fingerprint density at radius 1 is 1.02 bits per heavy atom. The van der Waals surface area contributed by atoms with E-state index in [1.807, 2.05) is 55.1 Å². The molecule has 1 N–H and O–H groups in total. The second-order valence-electron chi connectivity index (χ2n) is 11.4. The van der Waals surface area contributed by atoms with Gasteiger partial charge in [-0.15, -0.1) is 11.3 Å². The summed E-state index contributed by atoms with van der Waals surface area (Å²) in [6.45, 7) is 5.84. The monoisotopic (exact) mass is 582 g/mol. The molecule has 2 aromatic carbocycles. The zero-order chi connectivity index (χ0) is 29.1. The van der Waals surface area contributed by atoms with Crippen LogP contribution < -0.4 is 5.32 Å². The Hall–Kier alpha value is -3.62. The number of benzene rings is 2. The maximum Gasteiger partial charge on any atom is 0.246 e. The third-order valence-corrected chi connectivity index (χ3v) is 9.71. The van der Waals surface area contributed by atoms with Crippen LogP contribution in [0.1, 0.15) is 57.0 Å². The van der Waals surface area contributed by atoms with Gasteiger partial charge in [0, 0.05) is 47.6 Å². The molecule has 218 valence electrons. The predicted octanol–water partition coefficient (Wildman–Crippen LogP) is 6.65. The zero-order valence-electron chi connectivity index (χ0n) is 24.3. The van der Waals surface area contributed by atoms with Crippen LogP contribution in [0.25, 0.3) is 33.4 Å². The summed E-state index contributed by atoms with van der Waals surface area (Å²) in [5.41, 5.74) is 4.84. The number of nitrogens with zero attached hydrogens (tertiary/aromatic N) is 3. The molecule has 2 fully saturated rings. The molecule has 4 aromatic rings. The Balaban J connectivity index is 1.30. The van der Waals surface area contributed by atoms with Gasteiger partial charge in [-0.05, 0) is 50.2 Å². The van der Waals surface area contributed by atoms with Gasteiger partial charge in [0.1, 0.15) is 11.0 Å². The van der Waals surface area contributed by atoms with Crippen LogP contribution >= 0.6 is 11.3 Å². The number of likely N-dealkylation sites (tertiary alicyclic amines) is 1. The number of fused-ring (bicyclic) bond motifs is 1. The highest BCUT2D eigenvalue weighted by molar-refractivity contribution is 7.10. The number of rotatable bonds is 8. The van der Waals surface area contributed by atoms with Gasteiger partial charge in [-0.25, -0.2) is 9.97 Å². The van der Waals surface area contributed by atoms with E-state index in [0.717, 1.165) is 70.5 Å². The van der Waals surface area contributed by atoms with E-state index < -0.39 is 6.04 Å². The highest BCUT2D eigenvalue weighted by Gasteiger charge is 2.40. The first-order chi connectivity index (χ1) is 20.5. The zero-order valence-corrected chi connectivity index (χ0v) is 25.1. The number of pyridine rings is 1. The summed E-state index contributed by atoms with van der Waals surface area (Å²) in [7, 11) is 0. The topological polar surface area (TPSA) is 84.4 Å². The fourth-order valence-corrected chi connectivity index (χ4v) is 7.05. The lowest BCUT2D eigenvalue weighted by Gasteiger charge is -2.35. The summed E-state index contributed by atoms with van der Waals surface area (Å²) in [5.74, 6) is -0.0918. The lowest BCUT2D eigenvalue weighted by atomic mass is 9.90. The molecule has 2 aromatic heterocycles. The lowest BCUT2D eigenvalue weighted by Crippen LogP contribution is -2.54. The highest BCUT2D eigenvalue weighted by Crippen LogP contribution is 2.39. The molecule has 7 nitrogen and oxygen atoms in total. The van der Waals surface area contributed by atoms with Crippen LogP contribution in [0.15, 0.2) is 66.0 Å². The molecule has 0 aliphatic carbocycles. The number of amides is 2. The summed E-state index contributed by atoms with van der Waals surface area (Å²) in [6, 6.07) is 19.9. The maximum atomic E-state index is 14.2. The number of carbonyl (C=O) groups is 2. The SMILES string of the molecule is CC[C@@H](C)C(=O)N[C@H](C(=O)N1CCC[C@H]1c1nc(-c2cc(-c3ccccc3)nc3ccccc23)cs1)C1CCOCC1. The van der Waals surface area contributed by atoms with Crippen molar-refractivity contribution >= 4 is 34.1 Å². The Morgan fingerprint density at radius 2 is 1.79 bits per heavy atom. The van der Waals surface area contributed by atoms with Crippen molar-refractivity contribution in [2.24, 2.45) is 11.8 Å². The van der Waals surface area contributed by atoms with Crippen LogP contribution in [-0.4, -0.2) is 52.5 Å². The van der Waals surface area contributed by atoms with Crippen molar-refractivity contribution in [1.29, 1.82) is 0 Å². The fourth-order valence-electron chi connectivity index (χ4n) is 6.09. The van der Waals surface area contributed by atoms with E-state index in [1.54, 1.807) is 11.3 Å². The average Bonchev–Trinajstić information content (AvgIpc) is 3.73. The molecule has 0 spiro atoms. The number of nitrogens with one attached hydrogen (secondary N) is 1. The van der Waals surface area contributed by atoms with E-state index in [4.69, 9.17) is 14.7 Å². The first kappa shape index (κ1) is 28.5. The minimum atomic E-state index is -0.534. The highest BCUT2D eigenvalue weighted by atomic mass is 32.1. The molecular weight excluding hydrogens is 544 g/mol. The Labute approximate surface area is 251 Å². The fraction of sp³-hybridized carbons (Fsp3) is 0.412. The summed E-state index contributed by atoms with van der Waals surface area (Å²) in [6.07, 6.45) is 4.07. The van der Waals surface area contributed by atoms with Crippen LogP contribution in [0.5, 0.6) is 0 Å². The van der Waals surface area contributed by atoms with Crippen LogP contribution in [0.2, 0.25) is 0 Å². The second kappa shape index (κ2) is 12.7. The molecule has 3 atom stereocenters. The van der Waals surface area contributed by atoms with Crippen LogP contribution in [-0.2, 0) is 14.3 Å². The summed E-state index contributed by atoms with van der Waals surface area (Å²) >= 11 is 1.61. The summed E-state index contributed by atoms with van der Waals surface area (Å²) in [4.78, 5) is 39.2. The molecular formula is C34H38N4O3S. The first-order valence-corrected chi connectivity index (χ1v) is 16.0. The van der Waals surface area contributed by atoms with Crippen molar-refractivity contribution in [2.75, 3.05) is 19.8 Å². The smallest absolute Gasteiger partial charge is 0.246 e. The number of thiazole rings is 1. The molecule has 6 rings (SSSR count). The van der Waals surface area contributed by atoms with Gasteiger partial charge in [0.25, 0.3) is 0 Å². The van der Waals surface area contributed by atoms with Gasteiger partial charge in [-0.3, -0.25) is 9.59 Å². The Kier molecular flexibility index (Phi) is 8.63. The molecule has 2 saturated heterocycles. The van der Waals surface area contributed by atoms with Crippen molar-refractivity contribution in [3.05, 3.63) is 71.1 Å². The average molecular weight is 583 g/mol. The van der Waals surface area contributed by atoms with Gasteiger partial charge in [-0.2, -0.15) is 0 Å². The number of para-hydroxylation sites is 1. The standard InChI is InChI=1S/C34H38N4O3S/c1-3-22(2)32(39)37-31(24-15-18-41-19-16-24)34(40)38-17-9-14-30(38)33-36-29(21-42-33)26-20-28(23-10-5-4-6-11-23)35-27-13-8-7-12-25(26)27/h4-8,10-13,20-22,24,30-31H,3,9,14-19H2,1-2H3,(H,37,39)/t22-,30+,31+/m1/s1. The van der Waals surface area contributed by atoms with Crippen molar-refractivity contribution < 1.29 is 14.3 Å². The minimum Gasteiger partial charge on any atom is -0.381 e. The molecule has 0 radical (unpaired) electrons. The third kappa shape index (κ3) is 5.83. The minimum absolute atomic E-state index is 0.0125. The van der Waals surface area contributed by atoms with E-state index in [-0.39, 0.29) is 29.7 Å². The van der Waals surface area contributed by atoms with Gasteiger partial charge >= 0.3 is 0 Å². The molecule has 4 heterocycles. The van der Waals surface area contributed by atoms with Crippen LogP contribution in [0, 0.1) is 11.8 Å². The van der Waals surface area contributed by atoms with E-state index >= 15 is 0 Å². The number of ether oxygens (including phenoxy) is 1. The van der Waals surface area contributed by atoms with E-state index in [2.05, 4.69) is 35.0 Å². The lowest BCUT2D eigenvalue weighted by molar-refractivity contribution is -0.140. The van der Waals surface area contributed by atoms with Crippen molar-refractivity contribution in [1.82, 2.24) is 20.2 Å². The quantitative estimate of drug-likeness (QED) is 0.252. The molecule has 0 saturated carbocycles. The van der Waals surface area contributed by atoms with Gasteiger partial charge in [0.15, 0.2) is 0 Å². The summed E-state index contributed by atoms with van der Waals surface area (Å²) < 4.78 is 5.58. The van der Waals surface area contributed by atoms with E-state index in [1.165, 1.54) is 0 Å². The van der Waals surface area contributed by atoms with Crippen molar-refractivity contribution in [3.8, 4) is 22.5 Å². The Bertz CT molecular complexity index is 1550. The van der Waals surface area contributed by atoms with Crippen molar-refractivity contribution in [3.63, 3.8) is 0 Å². The van der Waals surface area contributed by atoms with Gasteiger partial charge in [-0.1, -0.05) is 62.4 Å².